The van der Waals surface area contributed by atoms with Gasteiger partial charge in [0.15, 0.2) is 0 Å². The molecule has 0 atom stereocenters. The summed E-state index contributed by atoms with van der Waals surface area (Å²) in [5.74, 6) is -0.455. The third kappa shape index (κ3) is 3.21. The van der Waals surface area contributed by atoms with Crippen molar-refractivity contribution in [1.82, 2.24) is 9.97 Å². The fourth-order valence-electron chi connectivity index (χ4n) is 3.03. The highest BCUT2D eigenvalue weighted by molar-refractivity contribution is 6.39. The molecule has 2 aromatic carbocycles. The van der Waals surface area contributed by atoms with Gasteiger partial charge in [-0.3, -0.25) is 9.78 Å². The Bertz CT molecular complexity index is 1230. The highest BCUT2D eigenvalue weighted by Gasteiger charge is 2.17. The van der Waals surface area contributed by atoms with Gasteiger partial charge in [-0.05, 0) is 42.0 Å². The van der Waals surface area contributed by atoms with E-state index in [9.17, 15) is 9.18 Å². The van der Waals surface area contributed by atoms with Crippen molar-refractivity contribution in [2.75, 3.05) is 0 Å². The smallest absolute Gasteiger partial charge is 0.249 e. The lowest BCUT2D eigenvalue weighted by Crippen LogP contribution is -2.06. The summed E-state index contributed by atoms with van der Waals surface area (Å²) in [6.45, 7) is 0. The van der Waals surface area contributed by atoms with Crippen LogP contribution in [0.2, 0.25) is 15.1 Å². The van der Waals surface area contributed by atoms with Crippen molar-refractivity contribution >= 4 is 45.7 Å². The van der Waals surface area contributed by atoms with E-state index in [2.05, 4.69) is 9.97 Å². The van der Waals surface area contributed by atoms with E-state index in [1.54, 1.807) is 30.5 Å². The van der Waals surface area contributed by atoms with Crippen molar-refractivity contribution in [3.8, 4) is 22.4 Å². The van der Waals surface area contributed by atoms with Crippen LogP contribution in [0.3, 0.4) is 0 Å². The average molecular weight is 420 g/mol. The zero-order chi connectivity index (χ0) is 19.1. The molecule has 1 N–H and O–H groups in total. The zero-order valence-electron chi connectivity index (χ0n) is 13.6. The third-order valence-corrected chi connectivity index (χ3v) is 5.13. The number of fused-ring (bicyclic) bond motifs is 1. The molecule has 4 rings (SSSR count). The molecule has 0 unspecified atom stereocenters. The molecule has 0 fully saturated rings. The van der Waals surface area contributed by atoms with E-state index >= 15 is 0 Å². The van der Waals surface area contributed by atoms with Crippen molar-refractivity contribution in [3.63, 3.8) is 0 Å². The molecule has 134 valence electrons. The van der Waals surface area contributed by atoms with E-state index in [4.69, 9.17) is 34.8 Å². The monoisotopic (exact) mass is 418 g/mol. The third-order valence-electron chi connectivity index (χ3n) is 4.19. The number of benzene rings is 2. The van der Waals surface area contributed by atoms with Gasteiger partial charge in [-0.15, -0.1) is 0 Å². The molecule has 0 saturated heterocycles. The van der Waals surface area contributed by atoms with Crippen molar-refractivity contribution in [2.24, 2.45) is 0 Å². The Morgan fingerprint density at radius 3 is 2.33 bits per heavy atom. The van der Waals surface area contributed by atoms with Gasteiger partial charge in [-0.2, -0.15) is 0 Å². The Kier molecular flexibility index (Phi) is 4.64. The van der Waals surface area contributed by atoms with E-state index in [1.807, 2.05) is 0 Å². The first-order chi connectivity index (χ1) is 13.0. The normalized spacial score (nSPS) is 11.1. The lowest BCUT2D eigenvalue weighted by Gasteiger charge is -2.13. The Morgan fingerprint density at radius 2 is 1.63 bits per heavy atom. The standard InChI is InChI=1S/C20H10Cl3FN2O/c21-14-2-1-3-15(22)18(14)20-19-12(6-7-25-20)13(9-17(27)26-19)11-5-4-10(24)8-16(11)23/h1-9H,(H,26,27). The van der Waals surface area contributed by atoms with Gasteiger partial charge in [-0.1, -0.05) is 40.9 Å². The minimum absolute atomic E-state index is 0.205. The summed E-state index contributed by atoms with van der Waals surface area (Å²) in [6.07, 6.45) is 1.59. The molecule has 0 radical (unpaired) electrons. The molecule has 0 spiro atoms. The first kappa shape index (κ1) is 18.0. The minimum atomic E-state index is -0.455. The molecular formula is C20H10Cl3FN2O. The van der Waals surface area contributed by atoms with E-state index < -0.39 is 5.82 Å². The summed E-state index contributed by atoms with van der Waals surface area (Å²) in [5.41, 5.74) is 2.18. The van der Waals surface area contributed by atoms with Crippen LogP contribution in [0, 0.1) is 5.82 Å². The number of aromatic nitrogens is 2. The fourth-order valence-corrected chi connectivity index (χ4v) is 3.87. The van der Waals surface area contributed by atoms with Crippen LogP contribution in [-0.4, -0.2) is 9.97 Å². The van der Waals surface area contributed by atoms with Crippen molar-refractivity contribution in [3.05, 3.63) is 86.0 Å². The number of aromatic amines is 1. The van der Waals surface area contributed by atoms with Crippen LogP contribution in [0.15, 0.2) is 59.5 Å². The van der Waals surface area contributed by atoms with Crippen LogP contribution in [0.5, 0.6) is 0 Å². The van der Waals surface area contributed by atoms with Crippen molar-refractivity contribution in [2.45, 2.75) is 0 Å². The van der Waals surface area contributed by atoms with Crippen molar-refractivity contribution in [1.29, 1.82) is 0 Å². The summed E-state index contributed by atoms with van der Waals surface area (Å²) in [4.78, 5) is 19.5. The van der Waals surface area contributed by atoms with Crippen LogP contribution >= 0.6 is 34.8 Å². The van der Waals surface area contributed by atoms with Gasteiger partial charge in [0.1, 0.15) is 5.82 Å². The summed E-state index contributed by atoms with van der Waals surface area (Å²) >= 11 is 18.9. The van der Waals surface area contributed by atoms with E-state index in [-0.39, 0.29) is 10.6 Å². The largest absolute Gasteiger partial charge is 0.320 e. The molecule has 3 nitrogen and oxygen atoms in total. The fraction of sp³-hybridized carbons (Fsp3) is 0. The van der Waals surface area contributed by atoms with Crippen molar-refractivity contribution < 1.29 is 4.39 Å². The van der Waals surface area contributed by atoms with Crippen LogP contribution in [-0.2, 0) is 0 Å². The minimum Gasteiger partial charge on any atom is -0.320 e. The molecule has 0 saturated carbocycles. The summed E-state index contributed by atoms with van der Waals surface area (Å²) < 4.78 is 13.4. The number of pyridine rings is 2. The van der Waals surface area contributed by atoms with Gasteiger partial charge < -0.3 is 4.98 Å². The lowest BCUT2D eigenvalue weighted by molar-refractivity contribution is 0.628. The summed E-state index contributed by atoms with van der Waals surface area (Å²) in [6, 6.07) is 12.3. The number of nitrogens with zero attached hydrogens (tertiary/aromatic N) is 1. The Balaban J connectivity index is 2.09. The van der Waals surface area contributed by atoms with Gasteiger partial charge >= 0.3 is 0 Å². The maximum atomic E-state index is 13.4. The van der Waals surface area contributed by atoms with E-state index in [0.29, 0.717) is 43.3 Å². The number of H-pyrrole nitrogens is 1. The lowest BCUT2D eigenvalue weighted by atomic mass is 9.99. The first-order valence-electron chi connectivity index (χ1n) is 7.87. The van der Waals surface area contributed by atoms with E-state index in [0.717, 1.165) is 0 Å². The molecule has 0 aliphatic heterocycles. The van der Waals surface area contributed by atoms with Gasteiger partial charge in [-0.25, -0.2) is 4.39 Å². The van der Waals surface area contributed by atoms with Gasteiger partial charge in [0, 0.05) is 28.8 Å². The topological polar surface area (TPSA) is 45.8 Å². The number of hydrogen-bond donors (Lipinski definition) is 1. The molecule has 0 aliphatic carbocycles. The maximum Gasteiger partial charge on any atom is 0.249 e. The molecule has 27 heavy (non-hydrogen) atoms. The molecule has 7 heteroatoms. The number of rotatable bonds is 2. The highest BCUT2D eigenvalue weighted by atomic mass is 35.5. The number of halogens is 4. The second-order valence-corrected chi connectivity index (χ2v) is 7.07. The van der Waals surface area contributed by atoms with Crippen LogP contribution in [0.1, 0.15) is 0 Å². The van der Waals surface area contributed by atoms with Crippen LogP contribution in [0.4, 0.5) is 4.39 Å². The van der Waals surface area contributed by atoms with Crippen LogP contribution < -0.4 is 5.56 Å². The second-order valence-electron chi connectivity index (χ2n) is 5.85. The molecule has 2 heterocycles. The van der Waals surface area contributed by atoms with Gasteiger partial charge in [0.2, 0.25) is 5.56 Å². The average Bonchev–Trinajstić information content (AvgIpc) is 2.61. The molecular weight excluding hydrogens is 410 g/mol. The SMILES string of the molecule is O=c1cc(-c2ccc(F)cc2Cl)c2ccnc(-c3c(Cl)cccc3Cl)c2[nH]1. The van der Waals surface area contributed by atoms with E-state index in [1.165, 1.54) is 24.3 Å². The second kappa shape index (κ2) is 6.97. The first-order valence-corrected chi connectivity index (χ1v) is 9.01. The van der Waals surface area contributed by atoms with Crippen LogP contribution in [0.25, 0.3) is 33.3 Å². The molecule has 2 aromatic heterocycles. The molecule has 0 aliphatic rings. The zero-order valence-corrected chi connectivity index (χ0v) is 15.8. The van der Waals surface area contributed by atoms with Gasteiger partial charge in [0.25, 0.3) is 0 Å². The Hall–Kier alpha value is -2.40. The maximum absolute atomic E-state index is 13.4. The Labute approximate surface area is 168 Å². The Morgan fingerprint density at radius 1 is 0.889 bits per heavy atom. The number of nitrogens with one attached hydrogen (secondary N) is 1. The quantitative estimate of drug-likeness (QED) is 0.411. The summed E-state index contributed by atoms with van der Waals surface area (Å²) in [5, 5.41) is 1.71. The van der Waals surface area contributed by atoms with Gasteiger partial charge in [0.05, 0.1) is 26.3 Å². The molecule has 0 amide bonds. The number of hydrogen-bond acceptors (Lipinski definition) is 2. The highest BCUT2D eigenvalue weighted by Crippen LogP contribution is 2.39. The molecule has 0 bridgehead atoms. The summed E-state index contributed by atoms with van der Waals surface area (Å²) in [7, 11) is 0. The molecule has 4 aromatic rings. The predicted molar refractivity (Wildman–Crippen MR) is 108 cm³/mol. The predicted octanol–water partition coefficient (Wildman–Crippen LogP) is 6.36.